The standard InChI is InChI=1S/C18H16N2O3S2/c21-18(15-8-4-10-19-12-15)20-13-16(14-6-2-1-3-7-14)25(22,23)17-9-5-11-24-17/h1-12,16H,13H2,(H,20,21)/t16-/m0/s1. The van der Waals surface area contributed by atoms with Crippen molar-refractivity contribution in [3.8, 4) is 0 Å². The number of carbonyl (C=O) groups excluding carboxylic acids is 1. The summed E-state index contributed by atoms with van der Waals surface area (Å²) in [6.45, 7) is -0.0159. The number of thiophene rings is 1. The van der Waals surface area contributed by atoms with Crippen molar-refractivity contribution in [3.63, 3.8) is 0 Å². The molecule has 0 aliphatic carbocycles. The van der Waals surface area contributed by atoms with Crippen LogP contribution in [0.3, 0.4) is 0 Å². The molecule has 1 atom stereocenters. The monoisotopic (exact) mass is 372 g/mol. The van der Waals surface area contributed by atoms with Gasteiger partial charge in [0.2, 0.25) is 0 Å². The Hall–Kier alpha value is -2.51. The molecule has 128 valence electrons. The molecule has 0 spiro atoms. The highest BCUT2D eigenvalue weighted by atomic mass is 32.2. The molecular weight excluding hydrogens is 356 g/mol. The van der Waals surface area contributed by atoms with Gasteiger partial charge in [0, 0.05) is 18.9 Å². The van der Waals surface area contributed by atoms with E-state index in [4.69, 9.17) is 0 Å². The SMILES string of the molecule is O=C(NC[C@@H](c1ccccc1)S(=O)(=O)c1cccs1)c1cccnc1. The average molecular weight is 372 g/mol. The highest BCUT2D eigenvalue weighted by Crippen LogP contribution is 2.31. The lowest BCUT2D eigenvalue weighted by Gasteiger charge is -2.18. The molecule has 2 aromatic heterocycles. The highest BCUT2D eigenvalue weighted by Gasteiger charge is 2.30. The lowest BCUT2D eigenvalue weighted by atomic mass is 10.1. The van der Waals surface area contributed by atoms with E-state index in [9.17, 15) is 13.2 Å². The summed E-state index contributed by atoms with van der Waals surface area (Å²) in [7, 11) is -3.60. The second kappa shape index (κ2) is 7.58. The molecule has 3 rings (SSSR count). The second-order valence-corrected chi connectivity index (χ2v) is 8.63. The first-order chi connectivity index (χ1) is 12.1. The Morgan fingerprint density at radius 2 is 1.88 bits per heavy atom. The quantitative estimate of drug-likeness (QED) is 0.721. The Bertz CT molecular complexity index is 925. The molecule has 0 aliphatic heterocycles. The van der Waals surface area contributed by atoms with Gasteiger partial charge in [-0.25, -0.2) is 8.42 Å². The number of nitrogens with one attached hydrogen (secondary N) is 1. The van der Waals surface area contributed by atoms with Crippen molar-refractivity contribution < 1.29 is 13.2 Å². The van der Waals surface area contributed by atoms with Crippen LogP contribution in [0.2, 0.25) is 0 Å². The summed E-state index contributed by atoms with van der Waals surface area (Å²) in [4.78, 5) is 16.2. The van der Waals surface area contributed by atoms with Crippen LogP contribution in [0.5, 0.6) is 0 Å². The number of benzene rings is 1. The lowest BCUT2D eigenvalue weighted by Crippen LogP contribution is -2.31. The molecular formula is C18H16N2O3S2. The van der Waals surface area contributed by atoms with E-state index in [-0.39, 0.29) is 16.7 Å². The molecule has 0 saturated carbocycles. The van der Waals surface area contributed by atoms with Gasteiger partial charge in [-0.15, -0.1) is 11.3 Å². The molecule has 0 unspecified atom stereocenters. The van der Waals surface area contributed by atoms with Gasteiger partial charge in [-0.2, -0.15) is 0 Å². The zero-order chi connectivity index (χ0) is 17.7. The van der Waals surface area contributed by atoms with Crippen molar-refractivity contribution in [2.75, 3.05) is 6.54 Å². The summed E-state index contributed by atoms with van der Waals surface area (Å²) >= 11 is 1.17. The number of hydrogen-bond donors (Lipinski definition) is 1. The van der Waals surface area contributed by atoms with Crippen molar-refractivity contribution >= 4 is 27.1 Å². The maximum Gasteiger partial charge on any atom is 0.252 e. The normalized spacial score (nSPS) is 12.5. The molecule has 0 radical (unpaired) electrons. The molecule has 2 heterocycles. The van der Waals surface area contributed by atoms with Crippen molar-refractivity contribution in [3.05, 3.63) is 83.5 Å². The number of sulfone groups is 1. The number of pyridine rings is 1. The van der Waals surface area contributed by atoms with Crippen molar-refractivity contribution in [2.24, 2.45) is 0 Å². The van der Waals surface area contributed by atoms with Crippen molar-refractivity contribution in [1.82, 2.24) is 10.3 Å². The van der Waals surface area contributed by atoms with Crippen molar-refractivity contribution in [1.29, 1.82) is 0 Å². The summed E-state index contributed by atoms with van der Waals surface area (Å²) in [5, 5.41) is 3.58. The van der Waals surface area contributed by atoms with Gasteiger partial charge in [0.05, 0.1) is 5.56 Å². The van der Waals surface area contributed by atoms with Gasteiger partial charge >= 0.3 is 0 Å². The van der Waals surface area contributed by atoms with Crippen LogP contribution in [-0.4, -0.2) is 25.9 Å². The van der Waals surface area contributed by atoms with E-state index in [0.29, 0.717) is 11.1 Å². The van der Waals surface area contributed by atoms with Crippen LogP contribution in [-0.2, 0) is 9.84 Å². The second-order valence-electron chi connectivity index (χ2n) is 5.33. The van der Waals surface area contributed by atoms with E-state index in [1.807, 2.05) is 6.07 Å². The van der Waals surface area contributed by atoms with Gasteiger partial charge < -0.3 is 5.32 Å². The summed E-state index contributed by atoms with van der Waals surface area (Å²) in [6, 6.07) is 15.5. The summed E-state index contributed by atoms with van der Waals surface area (Å²) in [5.41, 5.74) is 1.03. The third-order valence-electron chi connectivity index (χ3n) is 3.69. The van der Waals surface area contributed by atoms with Crippen LogP contribution in [0.4, 0.5) is 0 Å². The molecule has 0 bridgehead atoms. The number of amides is 1. The molecule has 25 heavy (non-hydrogen) atoms. The van der Waals surface area contributed by atoms with E-state index >= 15 is 0 Å². The minimum Gasteiger partial charge on any atom is -0.350 e. The minimum absolute atomic E-state index is 0.0159. The van der Waals surface area contributed by atoms with Crippen LogP contribution < -0.4 is 5.32 Å². The van der Waals surface area contributed by atoms with E-state index < -0.39 is 15.1 Å². The summed E-state index contributed by atoms with van der Waals surface area (Å²) in [6.07, 6.45) is 3.02. The van der Waals surface area contributed by atoms with Gasteiger partial charge in [0.1, 0.15) is 9.46 Å². The molecule has 7 heteroatoms. The average Bonchev–Trinajstić information content (AvgIpc) is 3.19. The Labute approximate surface area is 150 Å². The maximum absolute atomic E-state index is 13.0. The Balaban J connectivity index is 1.87. The molecule has 3 aromatic rings. The van der Waals surface area contributed by atoms with Gasteiger partial charge in [-0.3, -0.25) is 9.78 Å². The number of carbonyl (C=O) groups is 1. The molecule has 0 aliphatic rings. The topological polar surface area (TPSA) is 76.1 Å². The van der Waals surface area contributed by atoms with Crippen LogP contribution >= 0.6 is 11.3 Å². The van der Waals surface area contributed by atoms with Crippen LogP contribution in [0.15, 0.2) is 76.6 Å². The molecule has 0 fully saturated rings. The zero-order valence-electron chi connectivity index (χ0n) is 13.2. The Kier molecular flexibility index (Phi) is 5.25. The van der Waals surface area contributed by atoms with Crippen LogP contribution in [0, 0.1) is 0 Å². The predicted octanol–water partition coefficient (Wildman–Crippen LogP) is 3.09. The summed E-state index contributed by atoms with van der Waals surface area (Å²) in [5.74, 6) is -0.351. The van der Waals surface area contributed by atoms with Crippen LogP contribution in [0.25, 0.3) is 0 Å². The number of hydrogen-bond acceptors (Lipinski definition) is 5. The molecule has 1 N–H and O–H groups in total. The van der Waals surface area contributed by atoms with E-state index in [1.54, 1.807) is 60.1 Å². The fourth-order valence-electron chi connectivity index (χ4n) is 2.42. The third-order valence-corrected chi connectivity index (χ3v) is 7.23. The first kappa shape index (κ1) is 17.3. The summed E-state index contributed by atoms with van der Waals surface area (Å²) < 4.78 is 26.3. The lowest BCUT2D eigenvalue weighted by molar-refractivity contribution is 0.0953. The van der Waals surface area contributed by atoms with E-state index in [1.165, 1.54) is 17.5 Å². The van der Waals surface area contributed by atoms with E-state index in [0.717, 1.165) is 0 Å². The van der Waals surface area contributed by atoms with Crippen LogP contribution in [0.1, 0.15) is 21.2 Å². The Morgan fingerprint density at radius 3 is 2.52 bits per heavy atom. The fourth-order valence-corrected chi connectivity index (χ4v) is 5.29. The predicted molar refractivity (Wildman–Crippen MR) is 97.3 cm³/mol. The number of rotatable bonds is 6. The van der Waals surface area contributed by atoms with Gasteiger partial charge in [0.15, 0.2) is 9.84 Å². The number of nitrogens with zero attached hydrogens (tertiary/aromatic N) is 1. The fraction of sp³-hybridized carbons (Fsp3) is 0.111. The van der Waals surface area contributed by atoms with E-state index in [2.05, 4.69) is 10.3 Å². The number of aromatic nitrogens is 1. The molecule has 1 aromatic carbocycles. The molecule has 0 saturated heterocycles. The third kappa shape index (κ3) is 3.94. The largest absolute Gasteiger partial charge is 0.350 e. The van der Waals surface area contributed by atoms with Gasteiger partial charge in [0.25, 0.3) is 5.91 Å². The highest BCUT2D eigenvalue weighted by molar-refractivity contribution is 7.93. The maximum atomic E-state index is 13.0. The molecule has 5 nitrogen and oxygen atoms in total. The Morgan fingerprint density at radius 1 is 1.08 bits per heavy atom. The van der Waals surface area contributed by atoms with Gasteiger partial charge in [-0.05, 0) is 29.1 Å². The smallest absolute Gasteiger partial charge is 0.252 e. The first-order valence-electron chi connectivity index (χ1n) is 7.59. The minimum atomic E-state index is -3.60. The zero-order valence-corrected chi connectivity index (χ0v) is 14.8. The first-order valence-corrected chi connectivity index (χ1v) is 10.0. The molecule has 1 amide bonds. The van der Waals surface area contributed by atoms with Crippen molar-refractivity contribution in [2.45, 2.75) is 9.46 Å². The van der Waals surface area contributed by atoms with Gasteiger partial charge in [-0.1, -0.05) is 36.4 Å².